The van der Waals surface area contributed by atoms with Crippen molar-refractivity contribution in [1.29, 1.82) is 0 Å². The fourth-order valence-corrected chi connectivity index (χ4v) is 7.98. The molecule has 6 unspecified atom stereocenters. The second-order valence-electron chi connectivity index (χ2n) is 16.3. The molecule has 0 aromatic rings. The molecular formula is C46H85O12P. The van der Waals surface area contributed by atoms with Gasteiger partial charge in [0.15, 0.2) is 0 Å². The second-order valence-corrected chi connectivity index (χ2v) is 17.7. The van der Waals surface area contributed by atoms with Crippen molar-refractivity contribution in [3.63, 3.8) is 0 Å². The van der Waals surface area contributed by atoms with Crippen LogP contribution in [0.5, 0.6) is 0 Å². The summed E-state index contributed by atoms with van der Waals surface area (Å²) in [5.41, 5.74) is 0. The molecule has 1 fully saturated rings. The molecule has 0 saturated heterocycles. The van der Waals surface area contributed by atoms with Crippen LogP contribution in [-0.4, -0.2) is 98.9 Å². The number of rotatable bonds is 39. The van der Waals surface area contributed by atoms with E-state index >= 15 is 0 Å². The molecule has 0 amide bonds. The van der Waals surface area contributed by atoms with Crippen molar-refractivity contribution in [1.82, 2.24) is 0 Å². The summed E-state index contributed by atoms with van der Waals surface area (Å²) in [6.45, 7) is 4.22. The first-order chi connectivity index (χ1) is 28.5. The highest BCUT2D eigenvalue weighted by atomic mass is 31.2. The lowest BCUT2D eigenvalue weighted by Crippen LogP contribution is -2.64. The molecule has 1 aliphatic carbocycles. The molecule has 0 aromatic carbocycles. The number of hydrogen-bond donors (Lipinski definition) is 6. The number of allylic oxidation sites excluding steroid dienone is 6. The van der Waals surface area contributed by atoms with Crippen molar-refractivity contribution in [2.45, 2.75) is 230 Å². The van der Waals surface area contributed by atoms with Crippen molar-refractivity contribution in [3.8, 4) is 0 Å². The zero-order valence-corrected chi connectivity index (χ0v) is 37.7. The fraction of sp³-hybridized carbons (Fsp3) is 0.848. The molecule has 6 N–H and O–H groups in total. The average molecular weight is 861 g/mol. The van der Waals surface area contributed by atoms with E-state index < -0.39 is 63.1 Å². The standard InChI is InChI=1S/C46H85O12P/c1-3-5-7-9-11-13-15-17-18-19-20-21-22-23-25-27-29-31-33-35-40(47)57-39(37-55-36-34-32-30-28-26-24-16-14-12-10-8-6-4-2)38-56-59(53,54)58-46-44(51)42(49)41(48)43(50)45(46)52/h11,13,17-18,20-21,39,41-46,48-52H,3-10,12,14-16,19,22-38H2,1-2H3,(H,53,54)/b13-11-,18-17-,21-20-. The molecular weight excluding hydrogens is 775 g/mol. The molecule has 6 atom stereocenters. The summed E-state index contributed by atoms with van der Waals surface area (Å²) in [6, 6.07) is 0. The minimum absolute atomic E-state index is 0.0798. The van der Waals surface area contributed by atoms with Gasteiger partial charge >= 0.3 is 13.8 Å². The van der Waals surface area contributed by atoms with Crippen LogP contribution in [0.3, 0.4) is 0 Å². The fourth-order valence-electron chi connectivity index (χ4n) is 7.01. The Morgan fingerprint density at radius 3 is 1.47 bits per heavy atom. The highest BCUT2D eigenvalue weighted by Crippen LogP contribution is 2.47. The predicted molar refractivity (Wildman–Crippen MR) is 235 cm³/mol. The molecule has 1 rings (SSSR count). The van der Waals surface area contributed by atoms with Gasteiger partial charge in [-0.3, -0.25) is 13.8 Å². The van der Waals surface area contributed by atoms with Gasteiger partial charge in [-0.15, -0.1) is 0 Å². The quantitative estimate of drug-likeness (QED) is 0.0149. The molecule has 0 aliphatic heterocycles. The first-order valence-electron chi connectivity index (χ1n) is 23.3. The van der Waals surface area contributed by atoms with Crippen LogP contribution in [0.2, 0.25) is 0 Å². The van der Waals surface area contributed by atoms with Crippen molar-refractivity contribution < 1.29 is 58.3 Å². The Morgan fingerprint density at radius 1 is 0.542 bits per heavy atom. The summed E-state index contributed by atoms with van der Waals surface area (Å²) in [4.78, 5) is 23.1. The predicted octanol–water partition coefficient (Wildman–Crippen LogP) is 9.48. The third kappa shape index (κ3) is 29.5. The molecule has 59 heavy (non-hydrogen) atoms. The number of carbonyl (C=O) groups is 1. The van der Waals surface area contributed by atoms with Crippen LogP contribution in [0.15, 0.2) is 36.5 Å². The van der Waals surface area contributed by atoms with E-state index in [4.69, 9.17) is 18.5 Å². The van der Waals surface area contributed by atoms with Crippen LogP contribution in [0.25, 0.3) is 0 Å². The molecule has 12 nitrogen and oxygen atoms in total. The van der Waals surface area contributed by atoms with Gasteiger partial charge in [-0.25, -0.2) is 4.57 Å². The molecule has 0 heterocycles. The number of hydrogen-bond acceptors (Lipinski definition) is 11. The van der Waals surface area contributed by atoms with E-state index in [-0.39, 0.29) is 13.0 Å². The number of aliphatic hydroxyl groups is 5. The van der Waals surface area contributed by atoms with Gasteiger partial charge in [0.05, 0.1) is 13.2 Å². The Kier molecular flexibility index (Phi) is 35.0. The van der Waals surface area contributed by atoms with Gasteiger partial charge in [-0.1, -0.05) is 166 Å². The minimum atomic E-state index is -5.02. The van der Waals surface area contributed by atoms with E-state index in [1.165, 1.54) is 89.9 Å². The SMILES string of the molecule is CCCCC/C=C\C/C=C\C/C=C\CCCCCCCCC(=O)OC(COCCCCCCCCCCCCCCC)COP(=O)(O)OC1C(O)C(O)C(O)C(O)C1O. The van der Waals surface area contributed by atoms with Crippen LogP contribution in [0.1, 0.15) is 187 Å². The maximum absolute atomic E-state index is 12.8. The van der Waals surface area contributed by atoms with Crippen molar-refractivity contribution in [2.75, 3.05) is 19.8 Å². The third-order valence-electron chi connectivity index (χ3n) is 10.8. The maximum Gasteiger partial charge on any atom is 0.472 e. The molecule has 0 radical (unpaired) electrons. The van der Waals surface area contributed by atoms with E-state index in [0.717, 1.165) is 70.6 Å². The highest BCUT2D eigenvalue weighted by Gasteiger charge is 2.51. The topological polar surface area (TPSA) is 192 Å². The number of esters is 1. The van der Waals surface area contributed by atoms with Crippen LogP contribution < -0.4 is 0 Å². The molecule has 1 aliphatic rings. The number of ether oxygens (including phenoxy) is 2. The van der Waals surface area contributed by atoms with Crippen LogP contribution in [-0.2, 0) is 27.9 Å². The lowest BCUT2D eigenvalue weighted by atomic mass is 9.85. The smallest absolute Gasteiger partial charge is 0.457 e. The number of phosphoric ester groups is 1. The Labute approximate surface area is 357 Å². The van der Waals surface area contributed by atoms with E-state index in [1.54, 1.807) is 0 Å². The number of carbonyl (C=O) groups excluding carboxylic acids is 1. The van der Waals surface area contributed by atoms with Gasteiger partial charge in [0.1, 0.15) is 42.7 Å². The van der Waals surface area contributed by atoms with Gasteiger partial charge in [0.25, 0.3) is 0 Å². The Balaban J connectivity index is 2.40. The first kappa shape index (κ1) is 55.6. The first-order valence-corrected chi connectivity index (χ1v) is 24.8. The van der Waals surface area contributed by atoms with Gasteiger partial charge in [-0.2, -0.15) is 0 Å². The maximum atomic E-state index is 12.8. The number of unbranched alkanes of at least 4 members (excludes halogenated alkanes) is 21. The summed E-state index contributed by atoms with van der Waals surface area (Å²) in [7, 11) is -5.02. The summed E-state index contributed by atoms with van der Waals surface area (Å²) in [5.74, 6) is -0.489. The Bertz CT molecular complexity index is 1120. The zero-order valence-electron chi connectivity index (χ0n) is 36.8. The van der Waals surface area contributed by atoms with Crippen molar-refractivity contribution in [2.24, 2.45) is 0 Å². The van der Waals surface area contributed by atoms with Gasteiger partial charge in [0, 0.05) is 13.0 Å². The number of phosphoric acid groups is 1. The van der Waals surface area contributed by atoms with Gasteiger partial charge < -0.3 is 39.9 Å². The van der Waals surface area contributed by atoms with Gasteiger partial charge in [0.2, 0.25) is 0 Å². The highest BCUT2D eigenvalue weighted by molar-refractivity contribution is 7.47. The molecule has 13 heteroatoms. The molecule has 0 spiro atoms. The molecule has 0 aromatic heterocycles. The molecule has 1 saturated carbocycles. The van der Waals surface area contributed by atoms with Crippen molar-refractivity contribution in [3.05, 3.63) is 36.5 Å². The summed E-state index contributed by atoms with van der Waals surface area (Å²) >= 11 is 0. The lowest BCUT2D eigenvalue weighted by molar-refractivity contribution is -0.220. The molecule has 0 bridgehead atoms. The summed E-state index contributed by atoms with van der Waals surface area (Å²) in [5, 5.41) is 50.2. The van der Waals surface area contributed by atoms with Gasteiger partial charge in [-0.05, 0) is 51.4 Å². The van der Waals surface area contributed by atoms with Crippen LogP contribution in [0, 0.1) is 0 Å². The monoisotopic (exact) mass is 861 g/mol. The minimum Gasteiger partial charge on any atom is -0.457 e. The summed E-state index contributed by atoms with van der Waals surface area (Å²) in [6.07, 6.45) is 30.6. The van der Waals surface area contributed by atoms with Crippen LogP contribution in [0.4, 0.5) is 0 Å². The van der Waals surface area contributed by atoms with Crippen molar-refractivity contribution >= 4 is 13.8 Å². The van der Waals surface area contributed by atoms with Crippen LogP contribution >= 0.6 is 7.82 Å². The zero-order chi connectivity index (χ0) is 43.4. The van der Waals surface area contributed by atoms with E-state index in [9.17, 15) is 39.8 Å². The second kappa shape index (κ2) is 37.1. The van der Waals surface area contributed by atoms with E-state index in [0.29, 0.717) is 13.0 Å². The largest absolute Gasteiger partial charge is 0.472 e. The van der Waals surface area contributed by atoms with E-state index in [2.05, 4.69) is 50.3 Å². The molecule has 346 valence electrons. The van der Waals surface area contributed by atoms with E-state index in [1.807, 2.05) is 0 Å². The average Bonchev–Trinajstić information content (AvgIpc) is 3.22. The Morgan fingerprint density at radius 2 is 0.949 bits per heavy atom. The number of aliphatic hydroxyl groups excluding tert-OH is 5. The summed E-state index contributed by atoms with van der Waals surface area (Å²) < 4.78 is 34.2. The lowest BCUT2D eigenvalue weighted by Gasteiger charge is -2.41. The Hall–Kier alpha value is -1.44. The third-order valence-corrected chi connectivity index (χ3v) is 11.8. The normalized spacial score (nSPS) is 22.8.